The number of thiol groups is 1. The molecule has 2 amide bonds. The van der Waals surface area contributed by atoms with Crippen LogP contribution in [0.25, 0.3) is 0 Å². The van der Waals surface area contributed by atoms with E-state index >= 15 is 0 Å². The Hall–Kier alpha value is -3.92. The molecule has 1 aromatic heterocycles. The van der Waals surface area contributed by atoms with E-state index in [4.69, 9.17) is 9.47 Å². The van der Waals surface area contributed by atoms with Gasteiger partial charge in [-0.05, 0) is 47.9 Å². The number of aliphatic carboxylic acids is 1. The fourth-order valence-corrected chi connectivity index (χ4v) is 3.92. The fourth-order valence-electron chi connectivity index (χ4n) is 3.64. The van der Waals surface area contributed by atoms with E-state index in [0.29, 0.717) is 30.0 Å². The number of carbonyl (C=O) groups is 2. The molecule has 34 heavy (non-hydrogen) atoms. The fraction of sp³-hybridized carbons (Fsp3) is 0.208. The summed E-state index contributed by atoms with van der Waals surface area (Å²) in [5.41, 5.74) is 1.26. The highest BCUT2D eigenvalue weighted by atomic mass is 32.1. The van der Waals surface area contributed by atoms with Crippen LogP contribution in [0.1, 0.15) is 23.6 Å². The van der Waals surface area contributed by atoms with Crippen LogP contribution in [0.2, 0.25) is 0 Å². The molecule has 3 aromatic rings. The normalized spacial score (nSPS) is 12.7. The number of benzene rings is 2. The van der Waals surface area contributed by atoms with Gasteiger partial charge in [-0.2, -0.15) is 0 Å². The van der Waals surface area contributed by atoms with Gasteiger partial charge in [0, 0.05) is 17.6 Å². The number of fused-ring (bicyclic) bond motifs is 1. The molecule has 176 valence electrons. The third kappa shape index (κ3) is 5.52. The lowest BCUT2D eigenvalue weighted by Crippen LogP contribution is -2.36. The van der Waals surface area contributed by atoms with Gasteiger partial charge in [0.1, 0.15) is 5.69 Å². The van der Waals surface area contributed by atoms with Gasteiger partial charge < -0.3 is 29.8 Å². The third-order valence-corrected chi connectivity index (χ3v) is 5.80. The van der Waals surface area contributed by atoms with E-state index in [-0.39, 0.29) is 24.5 Å². The quantitative estimate of drug-likeness (QED) is 0.366. The number of amides is 2. The molecule has 0 radical (unpaired) electrons. The molecule has 1 atom stereocenters. The van der Waals surface area contributed by atoms with Crippen molar-refractivity contribution < 1.29 is 24.2 Å². The van der Waals surface area contributed by atoms with Crippen LogP contribution in [-0.2, 0) is 17.8 Å². The van der Waals surface area contributed by atoms with Crippen LogP contribution in [0.5, 0.6) is 11.5 Å². The largest absolute Gasteiger partial charge is 0.481 e. The van der Waals surface area contributed by atoms with Crippen molar-refractivity contribution in [3.63, 3.8) is 0 Å². The number of hydrogen-bond donors (Lipinski definition) is 4. The Morgan fingerprint density at radius 1 is 1.09 bits per heavy atom. The molecular formula is C24H23N3O6S. The molecule has 0 saturated carbocycles. The maximum Gasteiger partial charge on any atom is 0.319 e. The van der Waals surface area contributed by atoms with E-state index in [9.17, 15) is 19.5 Å². The number of carboxylic acid groups (broad SMARTS) is 1. The smallest absolute Gasteiger partial charge is 0.319 e. The lowest BCUT2D eigenvalue weighted by molar-refractivity contribution is -0.137. The first-order valence-electron chi connectivity index (χ1n) is 10.6. The zero-order valence-electron chi connectivity index (χ0n) is 18.1. The molecule has 0 spiro atoms. The van der Waals surface area contributed by atoms with E-state index in [2.05, 4.69) is 23.3 Å². The minimum atomic E-state index is -1.09. The number of aromatic nitrogens is 1. The first kappa shape index (κ1) is 23.2. The summed E-state index contributed by atoms with van der Waals surface area (Å²) >= 11 is 4.43. The van der Waals surface area contributed by atoms with E-state index in [0.717, 1.165) is 10.5 Å². The van der Waals surface area contributed by atoms with Gasteiger partial charge in [0.25, 0.3) is 5.56 Å². The van der Waals surface area contributed by atoms with Crippen LogP contribution in [-0.4, -0.2) is 28.5 Å². The number of carboxylic acids is 1. The molecule has 10 heteroatoms. The first-order chi connectivity index (χ1) is 16.4. The van der Waals surface area contributed by atoms with Crippen LogP contribution in [0.4, 0.5) is 10.5 Å². The summed E-state index contributed by atoms with van der Waals surface area (Å²) in [5, 5.41) is 14.5. The minimum absolute atomic E-state index is 0.0795. The van der Waals surface area contributed by atoms with E-state index in [1.165, 1.54) is 10.6 Å². The summed E-state index contributed by atoms with van der Waals surface area (Å²) < 4.78 is 12.1. The van der Waals surface area contributed by atoms with Gasteiger partial charge in [-0.25, -0.2) is 4.79 Å². The predicted octanol–water partition coefficient (Wildman–Crippen LogP) is 3.45. The summed E-state index contributed by atoms with van der Waals surface area (Å²) in [6.07, 6.45) is 1.89. The second-order valence-corrected chi connectivity index (χ2v) is 8.14. The predicted molar refractivity (Wildman–Crippen MR) is 128 cm³/mol. The highest BCUT2D eigenvalue weighted by molar-refractivity contribution is 7.80. The summed E-state index contributed by atoms with van der Waals surface area (Å²) in [7, 11) is 0. The van der Waals surface area contributed by atoms with E-state index in [1.807, 2.05) is 24.3 Å². The number of anilines is 1. The number of ether oxygens (including phenoxy) is 2. The third-order valence-electron chi connectivity index (χ3n) is 5.37. The van der Waals surface area contributed by atoms with Crippen molar-refractivity contribution in [3.8, 4) is 11.5 Å². The number of carbonyl (C=O) groups excluding carboxylic acids is 1. The summed E-state index contributed by atoms with van der Waals surface area (Å²) in [4.78, 5) is 37.7. The minimum Gasteiger partial charge on any atom is -0.481 e. The Kier molecular flexibility index (Phi) is 7.07. The first-order valence-corrected chi connectivity index (χ1v) is 11.0. The number of pyridine rings is 1. The topological polar surface area (TPSA) is 119 Å². The molecule has 9 nitrogen and oxygen atoms in total. The monoisotopic (exact) mass is 481 g/mol. The molecule has 0 bridgehead atoms. The SMILES string of the molecule is O=C(O)C[C@H](NC(=O)Nc1cccn(CCc2ccccc2S)c1=O)c1ccc2c(c1)OCO2. The maximum absolute atomic E-state index is 12.8. The van der Waals surface area contributed by atoms with Gasteiger partial charge in [-0.15, -0.1) is 12.6 Å². The second kappa shape index (κ2) is 10.3. The average molecular weight is 482 g/mol. The highest BCUT2D eigenvalue weighted by Crippen LogP contribution is 2.34. The van der Waals surface area contributed by atoms with Crippen molar-refractivity contribution in [3.05, 3.63) is 82.3 Å². The van der Waals surface area contributed by atoms with E-state index in [1.54, 1.807) is 30.5 Å². The number of nitrogens with one attached hydrogen (secondary N) is 2. The molecule has 4 rings (SSSR count). The average Bonchev–Trinajstić information content (AvgIpc) is 3.28. The van der Waals surface area contributed by atoms with E-state index < -0.39 is 18.0 Å². The Balaban J connectivity index is 1.45. The van der Waals surface area contributed by atoms with Crippen LogP contribution in [0, 0.1) is 0 Å². The molecule has 0 aliphatic carbocycles. The van der Waals surface area contributed by atoms with Crippen molar-refractivity contribution in [1.82, 2.24) is 9.88 Å². The molecule has 1 aliphatic heterocycles. The van der Waals surface area contributed by atoms with Gasteiger partial charge in [-0.3, -0.25) is 9.59 Å². The molecule has 1 aliphatic rings. The van der Waals surface area contributed by atoms with Crippen LogP contribution in [0.3, 0.4) is 0 Å². The molecule has 0 saturated heterocycles. The Labute approximate surface area is 200 Å². The number of rotatable bonds is 8. The number of aryl methyl sites for hydroxylation is 2. The Bertz CT molecular complexity index is 1280. The van der Waals surface area contributed by atoms with Crippen molar-refractivity contribution in [1.29, 1.82) is 0 Å². The lowest BCUT2D eigenvalue weighted by atomic mass is 10.0. The zero-order valence-corrected chi connectivity index (χ0v) is 19.0. The van der Waals surface area contributed by atoms with Gasteiger partial charge in [0.15, 0.2) is 11.5 Å². The van der Waals surface area contributed by atoms with Crippen LogP contribution < -0.4 is 25.7 Å². The highest BCUT2D eigenvalue weighted by Gasteiger charge is 2.22. The molecule has 0 fully saturated rings. The Morgan fingerprint density at radius 2 is 1.88 bits per heavy atom. The molecular weight excluding hydrogens is 458 g/mol. The van der Waals surface area contributed by atoms with Gasteiger partial charge in [0.05, 0.1) is 12.5 Å². The lowest BCUT2D eigenvalue weighted by Gasteiger charge is -2.18. The van der Waals surface area contributed by atoms with Crippen molar-refractivity contribution >= 4 is 30.3 Å². The zero-order chi connectivity index (χ0) is 24.1. The molecule has 3 N–H and O–H groups in total. The van der Waals surface area contributed by atoms with Gasteiger partial charge >= 0.3 is 12.0 Å². The maximum atomic E-state index is 12.8. The van der Waals surface area contributed by atoms with Crippen LogP contribution in [0.15, 0.2) is 70.5 Å². The number of urea groups is 1. The van der Waals surface area contributed by atoms with Crippen LogP contribution >= 0.6 is 12.6 Å². The standard InChI is InChI=1S/C24H23N3O6S/c28-22(29)13-18(16-7-8-19-20(12-16)33-14-32-19)26-24(31)25-17-5-3-10-27(23(17)30)11-9-15-4-1-2-6-21(15)34/h1-8,10,12,18,34H,9,11,13-14H2,(H,28,29)(H2,25,26,31)/t18-/m0/s1. The second-order valence-electron chi connectivity index (χ2n) is 7.66. The summed E-state index contributed by atoms with van der Waals surface area (Å²) in [6, 6.07) is 14.2. The molecule has 2 aromatic carbocycles. The number of nitrogens with zero attached hydrogens (tertiary/aromatic N) is 1. The molecule has 0 unspecified atom stereocenters. The van der Waals surface area contributed by atoms with Crippen molar-refractivity contribution in [2.45, 2.75) is 30.3 Å². The molecule has 2 heterocycles. The van der Waals surface area contributed by atoms with Gasteiger partial charge in [-0.1, -0.05) is 24.3 Å². The van der Waals surface area contributed by atoms with Crippen molar-refractivity contribution in [2.24, 2.45) is 0 Å². The van der Waals surface area contributed by atoms with Crippen molar-refractivity contribution in [2.75, 3.05) is 12.1 Å². The van der Waals surface area contributed by atoms with Gasteiger partial charge in [0.2, 0.25) is 6.79 Å². The Morgan fingerprint density at radius 3 is 2.68 bits per heavy atom. The number of hydrogen-bond acceptors (Lipinski definition) is 6. The summed E-state index contributed by atoms with van der Waals surface area (Å²) in [6.45, 7) is 0.489. The summed E-state index contributed by atoms with van der Waals surface area (Å²) in [5.74, 6) is -0.0639.